The lowest BCUT2D eigenvalue weighted by Gasteiger charge is -2.15. The van der Waals surface area contributed by atoms with Crippen LogP contribution in [0.15, 0.2) is 121 Å². The van der Waals surface area contributed by atoms with Gasteiger partial charge in [0, 0.05) is 11.1 Å². The predicted octanol–water partition coefficient (Wildman–Crippen LogP) is 7.79. The lowest BCUT2D eigenvalue weighted by molar-refractivity contribution is 0.0464. The van der Waals surface area contributed by atoms with Crippen molar-refractivity contribution in [3.05, 3.63) is 144 Å². The van der Waals surface area contributed by atoms with E-state index in [1.807, 2.05) is 60.7 Å². The van der Waals surface area contributed by atoms with Gasteiger partial charge in [-0.3, -0.25) is 0 Å². The Hall–Kier alpha value is -5.62. The van der Waals surface area contributed by atoms with E-state index in [0.29, 0.717) is 33.0 Å². The van der Waals surface area contributed by atoms with Gasteiger partial charge in [0.25, 0.3) is 0 Å². The molecule has 0 saturated heterocycles. The van der Waals surface area contributed by atoms with Gasteiger partial charge in [-0.05, 0) is 69.1 Å². The number of phenolic OH excluding ortho intramolecular Hbond substituents is 2. The molecule has 0 spiro atoms. The molecule has 0 aliphatic heterocycles. The number of hydrogen-bond acceptors (Lipinski definition) is 6. The molecule has 0 aliphatic carbocycles. The molecule has 2 N–H and O–H groups in total. The fourth-order valence-corrected chi connectivity index (χ4v) is 5.01. The largest absolute Gasteiger partial charge is 0.507 e. The molecule has 6 heteroatoms. The number of carbonyl (C=O) groups excluding carboxylic acids is 2. The van der Waals surface area contributed by atoms with E-state index in [-0.39, 0.29) is 24.7 Å². The minimum atomic E-state index is -0.513. The van der Waals surface area contributed by atoms with Crippen LogP contribution in [0.4, 0.5) is 0 Å². The van der Waals surface area contributed by atoms with Crippen molar-refractivity contribution in [1.82, 2.24) is 0 Å². The Morgan fingerprint density at radius 2 is 0.881 bits per heavy atom. The Labute approximate surface area is 242 Å². The van der Waals surface area contributed by atoms with E-state index in [2.05, 4.69) is 0 Å². The number of aromatic hydroxyl groups is 2. The van der Waals surface area contributed by atoms with Crippen LogP contribution in [0.5, 0.6) is 11.5 Å². The van der Waals surface area contributed by atoms with Gasteiger partial charge in [0.15, 0.2) is 0 Å². The van der Waals surface area contributed by atoms with Crippen LogP contribution in [0.3, 0.4) is 0 Å². The first-order chi connectivity index (χ1) is 20.5. The summed E-state index contributed by atoms with van der Waals surface area (Å²) in [4.78, 5) is 25.9. The minimum Gasteiger partial charge on any atom is -0.507 e. The third kappa shape index (κ3) is 5.38. The van der Waals surface area contributed by atoms with Crippen molar-refractivity contribution in [2.75, 3.05) is 0 Å². The van der Waals surface area contributed by atoms with Gasteiger partial charge in [-0.25, -0.2) is 9.59 Å². The number of phenols is 2. The fraction of sp³-hybridized carbons (Fsp3) is 0.0556. The van der Waals surface area contributed by atoms with E-state index in [0.717, 1.165) is 21.9 Å². The SMILES string of the molecule is O=C(OCc1ccccc1)c1ccc2ccc(O)c(-c3c(O)ccc4ccc(C(=O)OCc5ccccc5)cc34)c2c1. The van der Waals surface area contributed by atoms with E-state index in [1.54, 1.807) is 60.7 Å². The first kappa shape index (κ1) is 26.6. The van der Waals surface area contributed by atoms with Crippen molar-refractivity contribution in [2.24, 2.45) is 0 Å². The van der Waals surface area contributed by atoms with Crippen molar-refractivity contribution >= 4 is 33.5 Å². The molecule has 6 aromatic rings. The molecule has 0 bridgehead atoms. The van der Waals surface area contributed by atoms with Gasteiger partial charge in [-0.2, -0.15) is 0 Å². The number of rotatable bonds is 7. The van der Waals surface area contributed by atoms with Gasteiger partial charge in [0.2, 0.25) is 0 Å². The second-order valence-corrected chi connectivity index (χ2v) is 9.91. The Morgan fingerprint density at radius 3 is 1.29 bits per heavy atom. The summed E-state index contributed by atoms with van der Waals surface area (Å²) in [5.41, 5.74) is 3.00. The average Bonchev–Trinajstić information content (AvgIpc) is 3.03. The third-order valence-electron chi connectivity index (χ3n) is 7.15. The Kier molecular flexibility index (Phi) is 7.26. The Bertz CT molecular complexity index is 1790. The number of hydrogen-bond donors (Lipinski definition) is 2. The predicted molar refractivity (Wildman–Crippen MR) is 161 cm³/mol. The van der Waals surface area contributed by atoms with Crippen LogP contribution >= 0.6 is 0 Å². The first-order valence-corrected chi connectivity index (χ1v) is 13.4. The number of carbonyl (C=O) groups is 2. The number of ether oxygens (including phenoxy) is 2. The quantitative estimate of drug-likeness (QED) is 0.196. The molecular formula is C36H26O6. The van der Waals surface area contributed by atoms with Gasteiger partial charge in [-0.15, -0.1) is 0 Å². The lowest BCUT2D eigenvalue weighted by Crippen LogP contribution is -2.05. The van der Waals surface area contributed by atoms with Crippen molar-refractivity contribution in [3.8, 4) is 22.6 Å². The summed E-state index contributed by atoms with van der Waals surface area (Å²) in [7, 11) is 0. The summed E-state index contributed by atoms with van der Waals surface area (Å²) in [6.07, 6.45) is 0. The number of benzene rings is 6. The summed E-state index contributed by atoms with van der Waals surface area (Å²) >= 11 is 0. The van der Waals surface area contributed by atoms with Crippen LogP contribution in [0.2, 0.25) is 0 Å². The molecule has 0 radical (unpaired) electrons. The molecule has 0 heterocycles. The molecule has 0 saturated carbocycles. The molecule has 0 unspecified atom stereocenters. The van der Waals surface area contributed by atoms with E-state index < -0.39 is 11.9 Å². The molecule has 0 atom stereocenters. The Morgan fingerprint density at radius 1 is 0.500 bits per heavy atom. The highest BCUT2D eigenvalue weighted by molar-refractivity contribution is 6.12. The topological polar surface area (TPSA) is 93.1 Å². The molecular weight excluding hydrogens is 528 g/mol. The number of fused-ring (bicyclic) bond motifs is 2. The summed E-state index contributed by atoms with van der Waals surface area (Å²) in [6.45, 7) is 0.246. The maximum atomic E-state index is 13.0. The van der Waals surface area contributed by atoms with Gasteiger partial charge >= 0.3 is 11.9 Å². The summed E-state index contributed by atoms with van der Waals surface area (Å²) < 4.78 is 11.1. The van der Waals surface area contributed by atoms with Crippen LogP contribution in [0.25, 0.3) is 32.7 Å². The molecule has 6 aromatic carbocycles. The Balaban J connectivity index is 1.40. The molecule has 0 aliphatic rings. The standard InChI is InChI=1S/C36H26O6/c37-31-17-15-25-11-13-27(35(39)41-21-23-7-3-1-4-8-23)19-29(25)33(31)34-30-20-28(14-12-26(30)16-18-32(34)38)36(40)42-22-24-9-5-2-6-10-24/h1-20,37-38H,21-22H2. The molecule has 6 rings (SSSR count). The maximum Gasteiger partial charge on any atom is 0.338 e. The van der Waals surface area contributed by atoms with E-state index in [4.69, 9.17) is 9.47 Å². The third-order valence-corrected chi connectivity index (χ3v) is 7.15. The van der Waals surface area contributed by atoms with Crippen molar-refractivity contribution < 1.29 is 29.3 Å². The van der Waals surface area contributed by atoms with Crippen molar-refractivity contribution in [3.63, 3.8) is 0 Å². The summed E-state index contributed by atoms with van der Waals surface area (Å²) in [5, 5.41) is 24.8. The fourth-order valence-electron chi connectivity index (χ4n) is 5.01. The van der Waals surface area contributed by atoms with Crippen LogP contribution in [-0.4, -0.2) is 22.2 Å². The smallest absolute Gasteiger partial charge is 0.338 e. The molecule has 0 amide bonds. The van der Waals surface area contributed by atoms with E-state index in [1.165, 1.54) is 0 Å². The van der Waals surface area contributed by atoms with Crippen LogP contribution in [-0.2, 0) is 22.7 Å². The van der Waals surface area contributed by atoms with E-state index >= 15 is 0 Å². The zero-order valence-electron chi connectivity index (χ0n) is 22.5. The van der Waals surface area contributed by atoms with E-state index in [9.17, 15) is 19.8 Å². The van der Waals surface area contributed by atoms with Crippen LogP contribution in [0.1, 0.15) is 31.8 Å². The van der Waals surface area contributed by atoms with Crippen molar-refractivity contribution in [2.45, 2.75) is 13.2 Å². The highest BCUT2D eigenvalue weighted by Gasteiger charge is 2.20. The molecule has 0 aromatic heterocycles. The van der Waals surface area contributed by atoms with Gasteiger partial charge in [-0.1, -0.05) is 84.9 Å². The van der Waals surface area contributed by atoms with Crippen LogP contribution < -0.4 is 0 Å². The maximum absolute atomic E-state index is 13.0. The van der Waals surface area contributed by atoms with Crippen LogP contribution in [0, 0.1) is 0 Å². The van der Waals surface area contributed by atoms with Gasteiger partial charge in [0.1, 0.15) is 24.7 Å². The molecule has 6 nitrogen and oxygen atoms in total. The highest BCUT2D eigenvalue weighted by Crippen LogP contribution is 2.45. The van der Waals surface area contributed by atoms with Gasteiger partial charge < -0.3 is 19.7 Å². The average molecular weight is 555 g/mol. The van der Waals surface area contributed by atoms with Crippen molar-refractivity contribution in [1.29, 1.82) is 0 Å². The zero-order chi connectivity index (χ0) is 29.1. The first-order valence-electron chi connectivity index (χ1n) is 13.4. The highest BCUT2D eigenvalue weighted by atomic mass is 16.5. The molecule has 42 heavy (non-hydrogen) atoms. The normalized spacial score (nSPS) is 11.0. The molecule has 0 fully saturated rings. The van der Waals surface area contributed by atoms with Gasteiger partial charge in [0.05, 0.1) is 11.1 Å². The zero-order valence-corrected chi connectivity index (χ0v) is 22.5. The lowest BCUT2D eigenvalue weighted by atomic mass is 9.91. The summed E-state index contributed by atoms with van der Waals surface area (Å²) in [5.74, 6) is -1.20. The minimum absolute atomic E-state index is 0.0860. The summed E-state index contributed by atoms with van der Waals surface area (Å²) in [6, 6.07) is 35.5. The number of esters is 2. The second kappa shape index (κ2) is 11.5. The second-order valence-electron chi connectivity index (χ2n) is 9.91. The monoisotopic (exact) mass is 554 g/mol. The molecule has 206 valence electrons.